The molecule has 0 aromatic rings. The highest BCUT2D eigenvalue weighted by atomic mass is 19.4. The van der Waals surface area contributed by atoms with Crippen LogP contribution in [0.1, 0.15) is 51.9 Å². The number of hydrogen-bond donors (Lipinski definition) is 2. The third-order valence-corrected chi connectivity index (χ3v) is 8.92. The molecule has 0 saturated heterocycles. The predicted octanol–water partition coefficient (Wildman–Crippen LogP) is 7.21. The fourth-order valence-electron chi connectivity index (χ4n) is 6.65. The van der Waals surface area contributed by atoms with Gasteiger partial charge >= 0.3 is 30.7 Å². The first-order chi connectivity index (χ1) is 18.8. The Bertz CT molecular complexity index is 1030. The molecule has 0 radical (unpaired) electrons. The van der Waals surface area contributed by atoms with E-state index in [1.165, 1.54) is 0 Å². The Kier molecular flexibility index (Phi) is 9.20. The number of aliphatic hydroxyl groups is 2. The smallest absolute Gasteiger partial charge is 0.426 e. The van der Waals surface area contributed by atoms with Crippen LogP contribution in [0.4, 0.5) is 52.7 Å². The van der Waals surface area contributed by atoms with Crippen molar-refractivity contribution in [2.75, 3.05) is 0 Å². The summed E-state index contributed by atoms with van der Waals surface area (Å²) in [6.07, 6.45) is -18.7. The van der Waals surface area contributed by atoms with Crippen LogP contribution in [0, 0.1) is 35.5 Å². The number of esters is 1. The van der Waals surface area contributed by atoms with Crippen LogP contribution in [0.2, 0.25) is 0 Å². The monoisotopic (exact) mass is 634 g/mol. The maximum Gasteiger partial charge on any atom is 0.426 e. The molecule has 0 heterocycles. The van der Waals surface area contributed by atoms with Gasteiger partial charge in [0.25, 0.3) is 5.60 Å². The third kappa shape index (κ3) is 7.05. The van der Waals surface area contributed by atoms with E-state index in [9.17, 15) is 67.7 Å². The van der Waals surface area contributed by atoms with E-state index in [-0.39, 0.29) is 37.5 Å². The van der Waals surface area contributed by atoms with Crippen LogP contribution in [0.15, 0.2) is 24.3 Å². The summed E-state index contributed by atoms with van der Waals surface area (Å²) in [7, 11) is 0. The van der Waals surface area contributed by atoms with Crippen molar-refractivity contribution in [3.05, 3.63) is 24.3 Å². The second-order valence-electron chi connectivity index (χ2n) is 12.0. The van der Waals surface area contributed by atoms with Gasteiger partial charge in [-0.05, 0) is 87.4 Å². The molecular weight excluding hydrogens is 604 g/mol. The van der Waals surface area contributed by atoms with E-state index in [1.54, 1.807) is 0 Å². The normalized spacial score (nSPS) is 32.4. The highest BCUT2D eigenvalue weighted by Crippen LogP contribution is 2.56. The Labute approximate surface area is 232 Å². The maximum atomic E-state index is 12.8. The molecule has 0 spiro atoms. The fourth-order valence-corrected chi connectivity index (χ4v) is 6.65. The van der Waals surface area contributed by atoms with Crippen molar-refractivity contribution in [2.45, 2.75) is 93.9 Å². The lowest BCUT2D eigenvalue weighted by molar-refractivity contribution is -0.373. The Morgan fingerprint density at radius 1 is 0.786 bits per heavy atom. The zero-order chi connectivity index (χ0) is 32.3. The molecule has 4 aliphatic carbocycles. The number of carbonyl (C=O) groups is 1. The number of hydrogen-bond acceptors (Lipinski definition) is 4. The van der Waals surface area contributed by atoms with E-state index in [4.69, 9.17) is 0 Å². The van der Waals surface area contributed by atoms with Crippen molar-refractivity contribution < 1.29 is 72.4 Å². The molecule has 4 bridgehead atoms. The second-order valence-corrected chi connectivity index (χ2v) is 12.0. The van der Waals surface area contributed by atoms with E-state index >= 15 is 0 Å². The zero-order valence-corrected chi connectivity index (χ0v) is 22.1. The molecule has 3 fully saturated rings. The first-order valence-electron chi connectivity index (χ1n) is 13.1. The van der Waals surface area contributed by atoms with Gasteiger partial charge in [-0.25, -0.2) is 4.79 Å². The van der Waals surface area contributed by atoms with Crippen molar-refractivity contribution in [2.24, 2.45) is 35.5 Å². The topological polar surface area (TPSA) is 66.8 Å². The average Bonchev–Trinajstić information content (AvgIpc) is 3.57. The lowest BCUT2D eigenvalue weighted by Gasteiger charge is -2.38. The van der Waals surface area contributed by atoms with Crippen LogP contribution in [0.5, 0.6) is 0 Å². The minimum absolute atomic E-state index is 0.00313. The molecule has 2 N–H and O–H groups in total. The summed E-state index contributed by atoms with van der Waals surface area (Å²) in [5.74, 6) is -3.84. The quantitative estimate of drug-likeness (QED) is 0.140. The summed E-state index contributed by atoms with van der Waals surface area (Å²) >= 11 is 0. The van der Waals surface area contributed by atoms with Gasteiger partial charge in [-0.3, -0.25) is 0 Å². The number of fused-ring (bicyclic) bond motifs is 4. The number of ether oxygens (including phenoxy) is 1. The van der Waals surface area contributed by atoms with Crippen molar-refractivity contribution in [3.63, 3.8) is 0 Å². The van der Waals surface area contributed by atoms with Crippen molar-refractivity contribution in [1.29, 1.82) is 0 Å². The molecule has 0 aliphatic heterocycles. The maximum absolute atomic E-state index is 12.8. The summed E-state index contributed by atoms with van der Waals surface area (Å²) in [5.41, 5.74) is -9.29. The van der Waals surface area contributed by atoms with Gasteiger partial charge in [0.15, 0.2) is 5.60 Å². The molecule has 42 heavy (non-hydrogen) atoms. The molecule has 8 unspecified atom stereocenters. The molecule has 0 aromatic carbocycles. The van der Waals surface area contributed by atoms with E-state index in [0.717, 1.165) is 19.8 Å². The van der Waals surface area contributed by atoms with E-state index in [1.807, 2.05) is 6.08 Å². The number of rotatable bonds is 6. The summed E-state index contributed by atoms with van der Waals surface area (Å²) in [5, 5.41) is 18.7. The summed E-state index contributed by atoms with van der Waals surface area (Å²) < 4.78 is 156. The summed E-state index contributed by atoms with van der Waals surface area (Å²) in [6.45, 7) is 3.41. The summed E-state index contributed by atoms with van der Waals surface area (Å²) in [4.78, 5) is 11.5. The average molecular weight is 634 g/mol. The second kappa shape index (κ2) is 11.2. The minimum atomic E-state index is -5.98. The molecule has 3 saturated carbocycles. The van der Waals surface area contributed by atoms with E-state index in [0.29, 0.717) is 5.92 Å². The van der Waals surface area contributed by atoms with Gasteiger partial charge in [0, 0.05) is 0 Å². The van der Waals surface area contributed by atoms with Gasteiger partial charge in [0.1, 0.15) is 11.7 Å². The van der Waals surface area contributed by atoms with Crippen LogP contribution < -0.4 is 0 Å². The van der Waals surface area contributed by atoms with E-state index in [2.05, 4.69) is 17.4 Å². The third-order valence-electron chi connectivity index (χ3n) is 8.92. The highest BCUT2D eigenvalue weighted by molar-refractivity contribution is 5.89. The number of carbonyl (C=O) groups excluding carboxylic acids is 1. The fraction of sp³-hybridized carbons (Fsp3) is 0.808. The first kappa shape index (κ1) is 34.5. The number of halogens is 12. The van der Waals surface area contributed by atoms with Crippen LogP contribution >= 0.6 is 0 Å². The molecule has 8 atom stereocenters. The lowest BCUT2D eigenvalue weighted by atomic mass is 9.78. The molecule has 16 heteroatoms. The lowest BCUT2D eigenvalue weighted by Crippen LogP contribution is -2.58. The summed E-state index contributed by atoms with van der Waals surface area (Å²) in [6, 6.07) is 0. The molecular formula is C26H30F12O4. The van der Waals surface area contributed by atoms with E-state index < -0.39 is 77.7 Å². The number of allylic oxidation sites excluding steroid dienone is 2. The zero-order valence-electron chi connectivity index (χ0n) is 22.1. The van der Waals surface area contributed by atoms with Crippen molar-refractivity contribution >= 4 is 5.97 Å². The molecule has 0 aromatic heterocycles. The van der Waals surface area contributed by atoms with Crippen LogP contribution in [0.3, 0.4) is 0 Å². The van der Waals surface area contributed by atoms with Gasteiger partial charge in [-0.1, -0.05) is 18.7 Å². The van der Waals surface area contributed by atoms with Crippen molar-refractivity contribution in [3.8, 4) is 0 Å². The Morgan fingerprint density at radius 3 is 1.76 bits per heavy atom. The van der Waals surface area contributed by atoms with Crippen molar-refractivity contribution in [1.82, 2.24) is 0 Å². The SMILES string of the molecule is C=C(C(=O)OC1CC2CC(CC(O)(C(F)(F)F)C(F)(F)F)C1C2)C(F)(F)F.CC(O)(CC1CC2C=CC1C2)C(F)(F)F. The van der Waals surface area contributed by atoms with Crippen LogP contribution in [-0.2, 0) is 9.53 Å². The minimum Gasteiger partial charge on any atom is -0.458 e. The largest absolute Gasteiger partial charge is 0.458 e. The van der Waals surface area contributed by atoms with Crippen LogP contribution in [-0.4, -0.2) is 58.2 Å². The highest BCUT2D eigenvalue weighted by Gasteiger charge is 2.71. The molecule has 0 amide bonds. The van der Waals surface area contributed by atoms with Gasteiger partial charge in [0.05, 0.1) is 0 Å². The molecule has 242 valence electrons. The van der Waals surface area contributed by atoms with Gasteiger partial charge < -0.3 is 14.9 Å². The Morgan fingerprint density at radius 2 is 1.36 bits per heavy atom. The standard InChI is InChI=1S/C15H15F9O3.C11H15F3O/c1-6(13(16,17)18)11(25)27-10-4-7-2-8(9(10)3-7)5-12(26,14(19,20)21)15(22,23)24;1-10(15,11(12,13)14)6-9-5-7-2-3-8(9)4-7/h7-10,26H,1-5H2;2-3,7-9,15H,4-6H2,1H3. The van der Waals surface area contributed by atoms with Gasteiger partial charge in [0.2, 0.25) is 0 Å². The molecule has 4 aliphatic rings. The van der Waals surface area contributed by atoms with Crippen LogP contribution in [0.25, 0.3) is 0 Å². The van der Waals surface area contributed by atoms with Gasteiger partial charge in [-0.2, -0.15) is 52.7 Å². The first-order valence-corrected chi connectivity index (χ1v) is 13.1. The predicted molar refractivity (Wildman–Crippen MR) is 121 cm³/mol. The molecule has 4 rings (SSSR count). The Balaban J connectivity index is 0.000000271. The van der Waals surface area contributed by atoms with Gasteiger partial charge in [-0.15, -0.1) is 0 Å². The Hall–Kier alpha value is -1.97. The number of alkyl halides is 12. The molecule has 4 nitrogen and oxygen atoms in total.